The van der Waals surface area contributed by atoms with Gasteiger partial charge in [0.25, 0.3) is 5.91 Å². The van der Waals surface area contributed by atoms with Crippen molar-refractivity contribution in [3.8, 4) is 0 Å². The lowest BCUT2D eigenvalue weighted by atomic mass is 10.1. The molecule has 0 spiro atoms. The normalized spacial score (nSPS) is 12.0. The zero-order chi connectivity index (χ0) is 18.4. The molecule has 0 aliphatic rings. The Kier molecular flexibility index (Phi) is 6.50. The number of carbonyl (C=O) groups excluding carboxylic acids is 2. The molecule has 0 saturated carbocycles. The Balaban J connectivity index is 1.94. The van der Waals surface area contributed by atoms with Crippen LogP contribution in [0.5, 0.6) is 0 Å². The quantitative estimate of drug-likeness (QED) is 0.468. The van der Waals surface area contributed by atoms with Gasteiger partial charge in [-0.25, -0.2) is 9.82 Å². The Morgan fingerprint density at radius 2 is 1.88 bits per heavy atom. The van der Waals surface area contributed by atoms with Gasteiger partial charge in [-0.15, -0.1) is 0 Å². The first-order valence-electron chi connectivity index (χ1n) is 7.22. The van der Waals surface area contributed by atoms with Crippen LogP contribution in [0.15, 0.2) is 47.6 Å². The number of anilines is 1. The Morgan fingerprint density at radius 1 is 1.16 bits per heavy atom. The van der Waals surface area contributed by atoms with Crippen molar-refractivity contribution in [2.45, 2.75) is 6.92 Å². The van der Waals surface area contributed by atoms with E-state index in [1.54, 1.807) is 18.2 Å². The number of hydrogen-bond donors (Lipinski definition) is 2. The summed E-state index contributed by atoms with van der Waals surface area (Å²) < 4.78 is 13.5. The molecule has 1 atom stereocenters. The Morgan fingerprint density at radius 3 is 2.56 bits per heavy atom. The van der Waals surface area contributed by atoms with E-state index in [4.69, 9.17) is 23.2 Å². The lowest BCUT2D eigenvalue weighted by Gasteiger charge is -2.11. The van der Waals surface area contributed by atoms with Gasteiger partial charge in [-0.05, 0) is 31.2 Å². The number of para-hydroxylation sites is 1. The first-order chi connectivity index (χ1) is 11.9. The maximum atomic E-state index is 13.5. The SMILES string of the molecule is CC(C(=O)NN=Cc1ccc(Cl)cc1Cl)C(=O)Nc1ccccc1F. The molecule has 5 nitrogen and oxygen atoms in total. The van der Waals surface area contributed by atoms with Gasteiger partial charge < -0.3 is 5.32 Å². The highest BCUT2D eigenvalue weighted by molar-refractivity contribution is 6.36. The molecule has 0 radical (unpaired) electrons. The Bertz CT molecular complexity index is 827. The summed E-state index contributed by atoms with van der Waals surface area (Å²) in [4.78, 5) is 24.0. The minimum Gasteiger partial charge on any atom is -0.323 e. The molecule has 0 aliphatic heterocycles. The van der Waals surface area contributed by atoms with E-state index in [9.17, 15) is 14.0 Å². The van der Waals surface area contributed by atoms with Gasteiger partial charge in [0.2, 0.25) is 5.91 Å². The predicted octanol–water partition coefficient (Wildman–Crippen LogP) is 3.86. The standard InChI is InChI=1S/C17H14Cl2FN3O2/c1-10(16(24)22-15-5-3-2-4-14(15)20)17(25)23-21-9-11-6-7-12(18)8-13(11)19/h2-10H,1H3,(H,22,24)(H,23,25). The predicted molar refractivity (Wildman–Crippen MR) is 96.4 cm³/mol. The Hall–Kier alpha value is -2.44. The van der Waals surface area contributed by atoms with Crippen LogP contribution in [0.25, 0.3) is 0 Å². The molecule has 2 aromatic rings. The number of nitrogens with zero attached hydrogens (tertiary/aromatic N) is 1. The first kappa shape index (κ1) is 18.9. The second-order valence-electron chi connectivity index (χ2n) is 5.09. The maximum Gasteiger partial charge on any atom is 0.252 e. The molecule has 0 aromatic heterocycles. The molecule has 0 bridgehead atoms. The summed E-state index contributed by atoms with van der Waals surface area (Å²) in [5, 5.41) is 6.95. The zero-order valence-corrected chi connectivity index (χ0v) is 14.6. The van der Waals surface area contributed by atoms with Crippen molar-refractivity contribution < 1.29 is 14.0 Å². The molecule has 1 unspecified atom stereocenters. The molecule has 0 saturated heterocycles. The van der Waals surface area contributed by atoms with Crippen LogP contribution < -0.4 is 10.7 Å². The molecular weight excluding hydrogens is 368 g/mol. The van der Waals surface area contributed by atoms with Crippen molar-refractivity contribution >= 4 is 46.9 Å². The molecule has 2 N–H and O–H groups in total. The van der Waals surface area contributed by atoms with Crippen molar-refractivity contribution in [3.05, 3.63) is 63.9 Å². The lowest BCUT2D eigenvalue weighted by Crippen LogP contribution is -2.34. The number of nitrogens with one attached hydrogen (secondary N) is 2. The van der Waals surface area contributed by atoms with Crippen LogP contribution in [0.4, 0.5) is 10.1 Å². The van der Waals surface area contributed by atoms with Crippen molar-refractivity contribution in [2.75, 3.05) is 5.32 Å². The fourth-order valence-electron chi connectivity index (χ4n) is 1.79. The van der Waals surface area contributed by atoms with Crippen LogP contribution in [-0.2, 0) is 9.59 Å². The lowest BCUT2D eigenvalue weighted by molar-refractivity contribution is -0.131. The molecule has 25 heavy (non-hydrogen) atoms. The molecule has 0 aliphatic carbocycles. The van der Waals surface area contributed by atoms with Crippen LogP contribution in [-0.4, -0.2) is 18.0 Å². The average Bonchev–Trinajstić information content (AvgIpc) is 2.58. The largest absolute Gasteiger partial charge is 0.323 e. The second kappa shape index (κ2) is 8.60. The fourth-order valence-corrected chi connectivity index (χ4v) is 2.25. The number of hydrazone groups is 1. The van der Waals surface area contributed by atoms with E-state index < -0.39 is 23.5 Å². The molecule has 130 valence electrons. The third kappa shape index (κ3) is 5.27. The molecule has 2 aromatic carbocycles. The van der Waals surface area contributed by atoms with E-state index in [0.717, 1.165) is 0 Å². The highest BCUT2D eigenvalue weighted by Gasteiger charge is 2.22. The topological polar surface area (TPSA) is 70.6 Å². The third-order valence-corrected chi connectivity index (χ3v) is 3.82. The van der Waals surface area contributed by atoms with Crippen LogP contribution in [0.1, 0.15) is 12.5 Å². The molecule has 2 rings (SSSR count). The van der Waals surface area contributed by atoms with Crippen molar-refractivity contribution in [3.63, 3.8) is 0 Å². The van der Waals surface area contributed by atoms with E-state index in [1.807, 2.05) is 0 Å². The van der Waals surface area contributed by atoms with Crippen LogP contribution in [0.2, 0.25) is 10.0 Å². The van der Waals surface area contributed by atoms with Gasteiger partial charge >= 0.3 is 0 Å². The highest BCUT2D eigenvalue weighted by atomic mass is 35.5. The zero-order valence-electron chi connectivity index (χ0n) is 13.1. The first-order valence-corrected chi connectivity index (χ1v) is 7.97. The summed E-state index contributed by atoms with van der Waals surface area (Å²) in [6, 6.07) is 10.5. The molecule has 2 amide bonds. The van der Waals surface area contributed by atoms with Crippen molar-refractivity contribution in [2.24, 2.45) is 11.0 Å². The van der Waals surface area contributed by atoms with Gasteiger partial charge in [-0.2, -0.15) is 5.10 Å². The summed E-state index contributed by atoms with van der Waals surface area (Å²) >= 11 is 11.8. The van der Waals surface area contributed by atoms with Gasteiger partial charge in [0.15, 0.2) is 0 Å². The summed E-state index contributed by atoms with van der Waals surface area (Å²) in [6.07, 6.45) is 1.33. The Labute approximate surface area is 153 Å². The van der Waals surface area contributed by atoms with Crippen LogP contribution in [0, 0.1) is 11.7 Å². The summed E-state index contributed by atoms with van der Waals surface area (Å²) in [5.74, 6) is -2.95. The van der Waals surface area contributed by atoms with E-state index >= 15 is 0 Å². The van der Waals surface area contributed by atoms with Crippen molar-refractivity contribution in [1.29, 1.82) is 0 Å². The second-order valence-corrected chi connectivity index (χ2v) is 5.93. The van der Waals surface area contributed by atoms with Crippen molar-refractivity contribution in [1.82, 2.24) is 5.43 Å². The number of rotatable bonds is 5. The number of amides is 2. The minimum atomic E-state index is -1.07. The van der Waals surface area contributed by atoms with Gasteiger partial charge in [-0.3, -0.25) is 9.59 Å². The van der Waals surface area contributed by atoms with Crippen LogP contribution in [0.3, 0.4) is 0 Å². The molecule has 0 heterocycles. The fraction of sp³-hybridized carbons (Fsp3) is 0.118. The molecular formula is C17H14Cl2FN3O2. The number of carbonyl (C=O) groups is 2. The van der Waals surface area contributed by atoms with Gasteiger partial charge in [0.05, 0.1) is 16.9 Å². The third-order valence-electron chi connectivity index (χ3n) is 3.26. The van der Waals surface area contributed by atoms with E-state index in [0.29, 0.717) is 15.6 Å². The van der Waals surface area contributed by atoms with Gasteiger partial charge in [0.1, 0.15) is 11.7 Å². The minimum absolute atomic E-state index is 0.00333. The number of hydrogen-bond acceptors (Lipinski definition) is 3. The van der Waals surface area contributed by atoms with Gasteiger partial charge in [-0.1, -0.05) is 41.4 Å². The van der Waals surface area contributed by atoms with E-state index in [2.05, 4.69) is 15.8 Å². The number of benzene rings is 2. The smallest absolute Gasteiger partial charge is 0.252 e. The monoisotopic (exact) mass is 381 g/mol. The van der Waals surface area contributed by atoms with E-state index in [-0.39, 0.29) is 5.69 Å². The molecule has 8 heteroatoms. The van der Waals surface area contributed by atoms with E-state index in [1.165, 1.54) is 37.4 Å². The summed E-state index contributed by atoms with van der Waals surface area (Å²) in [5.41, 5.74) is 2.79. The summed E-state index contributed by atoms with van der Waals surface area (Å²) in [7, 11) is 0. The van der Waals surface area contributed by atoms with Gasteiger partial charge in [0, 0.05) is 10.6 Å². The molecule has 0 fully saturated rings. The van der Waals surface area contributed by atoms with Crippen LogP contribution >= 0.6 is 23.2 Å². The highest BCUT2D eigenvalue weighted by Crippen LogP contribution is 2.19. The number of halogens is 3. The summed E-state index contributed by atoms with van der Waals surface area (Å²) in [6.45, 7) is 1.39. The average molecular weight is 382 g/mol. The maximum absolute atomic E-state index is 13.5.